The van der Waals surface area contributed by atoms with Crippen LogP contribution in [0.15, 0.2) is 36.9 Å². The molecule has 10 nitrogen and oxygen atoms in total. The van der Waals surface area contributed by atoms with Gasteiger partial charge in [-0.05, 0) is 19.0 Å². The molecule has 0 aliphatic carbocycles. The number of imidazole rings is 1. The van der Waals surface area contributed by atoms with Gasteiger partial charge in [0, 0.05) is 52.0 Å². The van der Waals surface area contributed by atoms with Gasteiger partial charge in [0.15, 0.2) is 5.65 Å². The lowest BCUT2D eigenvalue weighted by Gasteiger charge is -2.15. The van der Waals surface area contributed by atoms with Gasteiger partial charge in [0.2, 0.25) is 0 Å². The summed E-state index contributed by atoms with van der Waals surface area (Å²) in [5.74, 6) is -0.238. The fraction of sp³-hybridized carbons (Fsp3) is 0.417. The van der Waals surface area contributed by atoms with Crippen LogP contribution in [0.1, 0.15) is 17.3 Å². The molecule has 4 heterocycles. The monoisotopic (exact) mass is 495 g/mol. The number of carbonyl (C=O) groups excluding carboxylic acids is 1. The first-order valence-corrected chi connectivity index (χ1v) is 15.3. The number of fused-ring (bicyclic) bond motifs is 2. The molecule has 0 aliphatic heterocycles. The van der Waals surface area contributed by atoms with Crippen LogP contribution in [-0.4, -0.2) is 64.3 Å². The number of carbonyl (C=O) groups is 1. The molecule has 4 rings (SSSR count). The maximum absolute atomic E-state index is 13.2. The molecule has 186 valence electrons. The molecule has 0 saturated heterocycles. The van der Waals surface area contributed by atoms with Gasteiger partial charge in [0.1, 0.15) is 23.6 Å². The lowest BCUT2D eigenvalue weighted by atomic mass is 10.2. The summed E-state index contributed by atoms with van der Waals surface area (Å²) in [7, 11) is 0.398. The molecule has 0 bridgehead atoms. The lowest BCUT2D eigenvalue weighted by Crippen LogP contribution is -2.35. The highest BCUT2D eigenvalue weighted by atomic mass is 28.3. The Hall–Kier alpha value is -3.28. The maximum Gasteiger partial charge on any atom is 0.255 e. The number of hydrogen-bond donors (Lipinski definition) is 2. The molecule has 4 aromatic rings. The molecule has 3 N–H and O–H groups in total. The third-order valence-electron chi connectivity index (χ3n) is 5.63. The number of nitrogens with two attached hydrogens (primary N) is 1. The third kappa shape index (κ3) is 5.69. The Morgan fingerprint density at radius 3 is 2.80 bits per heavy atom. The van der Waals surface area contributed by atoms with Crippen LogP contribution in [0.4, 0.5) is 5.69 Å². The Balaban J connectivity index is 1.70. The van der Waals surface area contributed by atoms with Crippen LogP contribution < -0.4 is 11.1 Å². The van der Waals surface area contributed by atoms with E-state index in [1.165, 1.54) is 0 Å². The zero-order valence-electron chi connectivity index (χ0n) is 20.9. The van der Waals surface area contributed by atoms with E-state index in [1.54, 1.807) is 37.8 Å². The van der Waals surface area contributed by atoms with E-state index in [2.05, 4.69) is 34.9 Å². The Labute approximate surface area is 205 Å². The minimum atomic E-state index is -1.21. The zero-order valence-corrected chi connectivity index (χ0v) is 21.9. The van der Waals surface area contributed by atoms with E-state index in [1.807, 2.05) is 22.1 Å². The quantitative estimate of drug-likeness (QED) is 0.255. The van der Waals surface area contributed by atoms with E-state index < -0.39 is 8.07 Å². The summed E-state index contributed by atoms with van der Waals surface area (Å²) in [6, 6.07) is 4.50. The summed E-state index contributed by atoms with van der Waals surface area (Å²) >= 11 is 0. The van der Waals surface area contributed by atoms with Crippen molar-refractivity contribution in [3.63, 3.8) is 0 Å². The van der Waals surface area contributed by atoms with Gasteiger partial charge in [-0.3, -0.25) is 9.20 Å². The van der Waals surface area contributed by atoms with Gasteiger partial charge < -0.3 is 25.1 Å². The Morgan fingerprint density at radius 1 is 1.26 bits per heavy atom. The van der Waals surface area contributed by atoms with Crippen molar-refractivity contribution >= 4 is 36.5 Å². The van der Waals surface area contributed by atoms with Gasteiger partial charge in [-0.2, -0.15) is 0 Å². The fourth-order valence-electron chi connectivity index (χ4n) is 3.76. The lowest BCUT2D eigenvalue weighted by molar-refractivity contribution is 0.0881. The normalized spacial score (nSPS) is 12.9. The van der Waals surface area contributed by atoms with E-state index in [-0.39, 0.29) is 11.9 Å². The van der Waals surface area contributed by atoms with Gasteiger partial charge in [0.25, 0.3) is 5.91 Å². The number of amides is 1. The number of hydrogen-bond acceptors (Lipinski definition) is 7. The standard InChI is InChI=1S/C24H33N7O3Si/c1-16(14-33-2)28-24(32)18-13-30(15-34-8-9-35(3,4)5)23-22(18)29-19(11-27-23)20-12-26-21-10-17(25)6-7-31(20)21/h6-7,10-13,16H,8-9,14-15,25H2,1-5H3,(H,28,32)/t16-/m0/s1. The van der Waals surface area contributed by atoms with E-state index in [0.29, 0.717) is 53.7 Å². The van der Waals surface area contributed by atoms with Crippen LogP contribution in [0.25, 0.3) is 28.2 Å². The van der Waals surface area contributed by atoms with Crippen molar-refractivity contribution in [2.24, 2.45) is 0 Å². The molecule has 1 atom stereocenters. The van der Waals surface area contributed by atoms with Crippen LogP contribution >= 0.6 is 0 Å². The summed E-state index contributed by atoms with van der Waals surface area (Å²) in [4.78, 5) is 27.1. The molecule has 0 unspecified atom stereocenters. The topological polar surface area (TPSA) is 122 Å². The molecule has 1 amide bonds. The average Bonchev–Trinajstić information content (AvgIpc) is 3.37. The number of nitrogens with zero attached hydrogens (tertiary/aromatic N) is 5. The van der Waals surface area contributed by atoms with Crippen molar-refractivity contribution in [3.8, 4) is 11.4 Å². The smallest absolute Gasteiger partial charge is 0.255 e. The summed E-state index contributed by atoms with van der Waals surface area (Å²) in [6.07, 6.45) is 7.01. The molecule has 0 aliphatic rings. The molecule has 0 fully saturated rings. The minimum absolute atomic E-state index is 0.153. The molecule has 0 aromatic carbocycles. The number of ether oxygens (including phenoxy) is 2. The summed E-state index contributed by atoms with van der Waals surface area (Å²) in [5.41, 5.74) is 10.1. The van der Waals surface area contributed by atoms with E-state index in [4.69, 9.17) is 20.2 Å². The molecule has 0 saturated carbocycles. The molecule has 35 heavy (non-hydrogen) atoms. The van der Waals surface area contributed by atoms with Crippen molar-refractivity contribution in [1.82, 2.24) is 29.2 Å². The molecule has 0 radical (unpaired) electrons. The number of pyridine rings is 1. The van der Waals surface area contributed by atoms with E-state index >= 15 is 0 Å². The zero-order chi connectivity index (χ0) is 25.2. The van der Waals surface area contributed by atoms with Crippen molar-refractivity contribution < 1.29 is 14.3 Å². The van der Waals surface area contributed by atoms with Crippen LogP contribution in [0.3, 0.4) is 0 Å². The fourth-order valence-corrected chi connectivity index (χ4v) is 4.52. The number of rotatable bonds is 10. The van der Waals surface area contributed by atoms with Crippen molar-refractivity contribution in [3.05, 3.63) is 42.5 Å². The predicted molar refractivity (Wildman–Crippen MR) is 139 cm³/mol. The number of nitrogen functional groups attached to an aromatic ring is 1. The minimum Gasteiger partial charge on any atom is -0.399 e. The third-order valence-corrected chi connectivity index (χ3v) is 7.33. The van der Waals surface area contributed by atoms with Crippen LogP contribution in [0.5, 0.6) is 0 Å². The second kappa shape index (κ2) is 10.1. The average molecular weight is 496 g/mol. The largest absolute Gasteiger partial charge is 0.399 e. The number of nitrogens with one attached hydrogen (secondary N) is 1. The first-order chi connectivity index (χ1) is 16.7. The highest BCUT2D eigenvalue weighted by Gasteiger charge is 2.21. The summed E-state index contributed by atoms with van der Waals surface area (Å²) < 4.78 is 14.8. The Bertz CT molecular complexity index is 1340. The number of methoxy groups -OCH3 is 1. The van der Waals surface area contributed by atoms with Gasteiger partial charge in [-0.1, -0.05) is 19.6 Å². The number of aromatic nitrogens is 5. The SMILES string of the molecule is COC[C@H](C)NC(=O)c1cn(COCC[Si](C)(C)C)c2ncc(-c3cnc4cc(N)ccn34)nc12. The first-order valence-electron chi connectivity index (χ1n) is 11.6. The van der Waals surface area contributed by atoms with Crippen molar-refractivity contribution in [1.29, 1.82) is 0 Å². The van der Waals surface area contributed by atoms with Crippen LogP contribution in [0.2, 0.25) is 25.7 Å². The highest BCUT2D eigenvalue weighted by Crippen LogP contribution is 2.25. The molecule has 11 heteroatoms. The Morgan fingerprint density at radius 2 is 2.06 bits per heavy atom. The van der Waals surface area contributed by atoms with Crippen molar-refractivity contribution in [2.75, 3.05) is 26.1 Å². The summed E-state index contributed by atoms with van der Waals surface area (Å²) in [6.45, 7) is 10.2. The predicted octanol–water partition coefficient (Wildman–Crippen LogP) is 3.41. The maximum atomic E-state index is 13.2. The van der Waals surface area contributed by atoms with E-state index in [9.17, 15) is 4.79 Å². The van der Waals surface area contributed by atoms with Gasteiger partial charge in [-0.25, -0.2) is 15.0 Å². The second-order valence-corrected chi connectivity index (χ2v) is 15.6. The second-order valence-electron chi connectivity index (χ2n) is 9.95. The van der Waals surface area contributed by atoms with Gasteiger partial charge in [0.05, 0.1) is 30.3 Å². The van der Waals surface area contributed by atoms with E-state index in [0.717, 1.165) is 11.7 Å². The highest BCUT2D eigenvalue weighted by molar-refractivity contribution is 6.76. The van der Waals surface area contributed by atoms with Crippen LogP contribution in [0, 0.1) is 0 Å². The molecular formula is C24H33N7O3Si. The summed E-state index contributed by atoms with van der Waals surface area (Å²) in [5, 5.41) is 2.97. The molecule has 4 aromatic heterocycles. The number of anilines is 1. The molecule has 0 spiro atoms. The van der Waals surface area contributed by atoms with Crippen molar-refractivity contribution in [2.45, 2.75) is 45.4 Å². The van der Waals surface area contributed by atoms with Gasteiger partial charge in [-0.15, -0.1) is 0 Å². The van der Waals surface area contributed by atoms with Gasteiger partial charge >= 0.3 is 0 Å². The molecular weight excluding hydrogens is 462 g/mol. The Kier molecular flexibility index (Phi) is 7.19. The van der Waals surface area contributed by atoms with Crippen LogP contribution in [-0.2, 0) is 16.2 Å². The first kappa shape index (κ1) is 24.8.